The van der Waals surface area contributed by atoms with Crippen LogP contribution in [-0.4, -0.2) is 30.6 Å². The van der Waals surface area contributed by atoms with Gasteiger partial charge in [-0.3, -0.25) is 4.79 Å². The Balaban J connectivity index is 2.09. The second kappa shape index (κ2) is 8.72. The van der Waals surface area contributed by atoms with Crippen LogP contribution in [0, 0.1) is 0 Å². The third-order valence-electron chi connectivity index (χ3n) is 3.81. The number of rotatable bonds is 7. The summed E-state index contributed by atoms with van der Waals surface area (Å²) in [5.41, 5.74) is -0.267. The molecule has 2 aromatic rings. The molecule has 1 atom stereocenters. The molecule has 0 aliphatic rings. The van der Waals surface area contributed by atoms with Crippen LogP contribution in [0.5, 0.6) is 5.75 Å². The molecule has 0 aliphatic heterocycles. The minimum atomic E-state index is -1.18. The highest BCUT2D eigenvalue weighted by Gasteiger charge is 2.33. The maximum atomic E-state index is 12.7. The number of esters is 1. The molecule has 5 nitrogen and oxygen atoms in total. The predicted molar refractivity (Wildman–Crippen MR) is 100 cm³/mol. The number of amides is 1. The average molecular weight is 376 g/mol. The highest BCUT2D eigenvalue weighted by molar-refractivity contribution is 6.30. The van der Waals surface area contributed by atoms with E-state index in [2.05, 4.69) is 5.32 Å². The van der Waals surface area contributed by atoms with Crippen LogP contribution in [-0.2, 0) is 20.7 Å². The summed E-state index contributed by atoms with van der Waals surface area (Å²) in [6.07, 6.45) is 0.330. The third-order valence-corrected chi connectivity index (χ3v) is 4.06. The van der Waals surface area contributed by atoms with E-state index in [1.807, 2.05) is 30.3 Å². The molecule has 0 radical (unpaired) electrons. The Morgan fingerprint density at radius 2 is 1.69 bits per heavy atom. The number of nitrogens with one attached hydrogen (secondary N) is 1. The molecule has 0 bridgehead atoms. The summed E-state index contributed by atoms with van der Waals surface area (Å²) >= 11 is 5.86. The smallest absolute Gasteiger partial charge is 0.328 e. The van der Waals surface area contributed by atoms with Crippen LogP contribution in [0.3, 0.4) is 0 Å². The van der Waals surface area contributed by atoms with Crippen molar-refractivity contribution in [1.29, 1.82) is 0 Å². The van der Waals surface area contributed by atoms with Crippen molar-refractivity contribution < 1.29 is 19.1 Å². The van der Waals surface area contributed by atoms with Crippen molar-refractivity contribution in [2.45, 2.75) is 31.9 Å². The lowest BCUT2D eigenvalue weighted by molar-refractivity contribution is -0.147. The van der Waals surface area contributed by atoms with Crippen molar-refractivity contribution in [1.82, 2.24) is 5.32 Å². The van der Waals surface area contributed by atoms with Gasteiger partial charge in [0.05, 0.1) is 7.11 Å². The summed E-state index contributed by atoms with van der Waals surface area (Å²) in [5, 5.41) is 3.30. The van der Waals surface area contributed by atoms with Gasteiger partial charge in [-0.2, -0.15) is 0 Å². The van der Waals surface area contributed by atoms with Crippen molar-refractivity contribution in [3.8, 4) is 5.75 Å². The van der Waals surface area contributed by atoms with Gasteiger partial charge in [-0.25, -0.2) is 4.79 Å². The largest absolute Gasteiger partial charge is 0.478 e. The van der Waals surface area contributed by atoms with Gasteiger partial charge in [0.2, 0.25) is 0 Å². The van der Waals surface area contributed by atoms with Gasteiger partial charge in [0.25, 0.3) is 5.91 Å². The molecular weight excluding hydrogens is 354 g/mol. The molecular formula is C20H22ClNO4. The zero-order valence-electron chi connectivity index (χ0n) is 15.0. The van der Waals surface area contributed by atoms with E-state index in [1.54, 1.807) is 38.1 Å². The van der Waals surface area contributed by atoms with E-state index >= 15 is 0 Å². The second-order valence-corrected chi connectivity index (χ2v) is 6.74. The molecule has 2 aromatic carbocycles. The van der Waals surface area contributed by atoms with Crippen LogP contribution in [0.1, 0.15) is 19.4 Å². The average Bonchev–Trinajstić information content (AvgIpc) is 2.63. The van der Waals surface area contributed by atoms with Crippen molar-refractivity contribution in [2.24, 2.45) is 0 Å². The van der Waals surface area contributed by atoms with E-state index in [0.717, 1.165) is 5.56 Å². The standard InChI is InChI=1S/C20H22ClNO4/c1-20(2,26-16-11-9-15(21)10-12-16)19(24)22-17(18(23)25-3)13-14-7-5-4-6-8-14/h4-12,17H,13H2,1-3H3,(H,22,24)/t17-/m0/s1. The van der Waals surface area contributed by atoms with E-state index in [-0.39, 0.29) is 0 Å². The van der Waals surface area contributed by atoms with Crippen LogP contribution >= 0.6 is 11.6 Å². The quantitative estimate of drug-likeness (QED) is 0.753. The first-order valence-corrected chi connectivity index (χ1v) is 8.57. The first kappa shape index (κ1) is 19.8. The third kappa shape index (κ3) is 5.49. The van der Waals surface area contributed by atoms with Crippen molar-refractivity contribution in [3.05, 3.63) is 65.2 Å². The summed E-state index contributed by atoms with van der Waals surface area (Å²) in [6, 6.07) is 15.3. The summed E-state index contributed by atoms with van der Waals surface area (Å²) in [5.74, 6) is -0.421. The molecule has 1 N–H and O–H groups in total. The molecule has 0 spiro atoms. The molecule has 0 saturated carbocycles. The van der Waals surface area contributed by atoms with Gasteiger partial charge in [0, 0.05) is 11.4 Å². The molecule has 2 rings (SSSR count). The molecule has 0 aromatic heterocycles. The van der Waals surface area contributed by atoms with E-state index < -0.39 is 23.5 Å². The zero-order valence-corrected chi connectivity index (χ0v) is 15.7. The summed E-state index contributed by atoms with van der Waals surface area (Å²) in [4.78, 5) is 24.8. The van der Waals surface area contributed by atoms with E-state index in [1.165, 1.54) is 7.11 Å². The number of hydrogen-bond acceptors (Lipinski definition) is 4. The molecule has 0 aliphatic carbocycles. The minimum absolute atomic E-state index is 0.330. The fourth-order valence-electron chi connectivity index (χ4n) is 2.36. The highest BCUT2D eigenvalue weighted by atomic mass is 35.5. The van der Waals surface area contributed by atoms with E-state index in [9.17, 15) is 9.59 Å². The van der Waals surface area contributed by atoms with Gasteiger partial charge < -0.3 is 14.8 Å². The monoisotopic (exact) mass is 375 g/mol. The first-order valence-electron chi connectivity index (χ1n) is 8.19. The number of carbonyl (C=O) groups excluding carboxylic acids is 2. The van der Waals surface area contributed by atoms with Crippen molar-refractivity contribution in [3.63, 3.8) is 0 Å². The van der Waals surface area contributed by atoms with Gasteiger partial charge in [-0.1, -0.05) is 41.9 Å². The molecule has 0 fully saturated rings. The fourth-order valence-corrected chi connectivity index (χ4v) is 2.49. The summed E-state index contributed by atoms with van der Waals surface area (Å²) in [6.45, 7) is 3.27. The maximum Gasteiger partial charge on any atom is 0.328 e. The van der Waals surface area contributed by atoms with Gasteiger partial charge in [0.1, 0.15) is 11.8 Å². The molecule has 26 heavy (non-hydrogen) atoms. The van der Waals surface area contributed by atoms with Gasteiger partial charge >= 0.3 is 5.97 Å². The Bertz CT molecular complexity index is 744. The lowest BCUT2D eigenvalue weighted by Crippen LogP contribution is -2.53. The first-order chi connectivity index (χ1) is 12.3. The number of ether oxygens (including phenoxy) is 2. The lowest BCUT2D eigenvalue weighted by atomic mass is 10.0. The van der Waals surface area contributed by atoms with Crippen molar-refractivity contribution in [2.75, 3.05) is 7.11 Å². The van der Waals surface area contributed by atoms with E-state index in [4.69, 9.17) is 21.1 Å². The van der Waals surface area contributed by atoms with Crippen LogP contribution in [0.4, 0.5) is 0 Å². The fraction of sp³-hybridized carbons (Fsp3) is 0.300. The maximum absolute atomic E-state index is 12.7. The Labute approximate surface area is 158 Å². The molecule has 0 heterocycles. The number of hydrogen-bond donors (Lipinski definition) is 1. The molecule has 138 valence electrons. The molecule has 6 heteroatoms. The number of halogens is 1. The summed E-state index contributed by atoms with van der Waals surface area (Å²) < 4.78 is 10.6. The lowest BCUT2D eigenvalue weighted by Gasteiger charge is -2.27. The Hall–Kier alpha value is -2.53. The second-order valence-electron chi connectivity index (χ2n) is 6.31. The van der Waals surface area contributed by atoms with Crippen LogP contribution in [0.15, 0.2) is 54.6 Å². The predicted octanol–water partition coefficient (Wildman–Crippen LogP) is 3.40. The van der Waals surface area contributed by atoms with Crippen LogP contribution in [0.2, 0.25) is 5.02 Å². The zero-order chi connectivity index (χ0) is 19.2. The highest BCUT2D eigenvalue weighted by Crippen LogP contribution is 2.21. The van der Waals surface area contributed by atoms with Crippen LogP contribution < -0.4 is 10.1 Å². The topological polar surface area (TPSA) is 64.6 Å². The summed E-state index contributed by atoms with van der Waals surface area (Å²) in [7, 11) is 1.29. The van der Waals surface area contributed by atoms with Gasteiger partial charge in [-0.15, -0.1) is 0 Å². The number of carbonyl (C=O) groups is 2. The Morgan fingerprint density at radius 1 is 1.08 bits per heavy atom. The molecule has 0 unspecified atom stereocenters. The molecule has 1 amide bonds. The Kier molecular flexibility index (Phi) is 6.64. The van der Waals surface area contributed by atoms with Crippen LogP contribution in [0.25, 0.3) is 0 Å². The number of benzene rings is 2. The van der Waals surface area contributed by atoms with Gasteiger partial charge in [0.15, 0.2) is 5.60 Å². The molecule has 0 saturated heterocycles. The Morgan fingerprint density at radius 3 is 2.27 bits per heavy atom. The number of methoxy groups -OCH3 is 1. The SMILES string of the molecule is COC(=O)[C@H](Cc1ccccc1)NC(=O)C(C)(C)Oc1ccc(Cl)cc1. The van der Waals surface area contributed by atoms with E-state index in [0.29, 0.717) is 17.2 Å². The van der Waals surface area contributed by atoms with Crippen molar-refractivity contribution >= 4 is 23.5 Å². The van der Waals surface area contributed by atoms with Gasteiger partial charge in [-0.05, 0) is 43.7 Å². The minimum Gasteiger partial charge on any atom is -0.478 e. The normalized spacial score (nSPS) is 12.2.